The largest absolute Gasteiger partial charge is 0.476 e. The first-order chi connectivity index (χ1) is 11.0. The van der Waals surface area contributed by atoms with Gasteiger partial charge < -0.3 is 14.7 Å². The Morgan fingerprint density at radius 2 is 2.26 bits per heavy atom. The molecule has 8 nitrogen and oxygen atoms in total. The molecule has 2 aliphatic carbocycles. The number of carboxylic acid groups (broad SMARTS) is 1. The molecule has 1 heterocycles. The minimum atomic E-state index is -1.15. The van der Waals surface area contributed by atoms with Crippen molar-refractivity contribution in [3.63, 3.8) is 0 Å². The fourth-order valence-corrected chi connectivity index (χ4v) is 3.84. The number of carbonyl (C=O) groups is 2. The van der Waals surface area contributed by atoms with Gasteiger partial charge in [-0.05, 0) is 26.2 Å². The molecule has 2 unspecified atom stereocenters. The lowest BCUT2D eigenvalue weighted by molar-refractivity contribution is -0.202. The first kappa shape index (κ1) is 15.9. The van der Waals surface area contributed by atoms with Crippen molar-refractivity contribution in [1.82, 2.24) is 19.9 Å². The molecule has 1 aromatic heterocycles. The van der Waals surface area contributed by atoms with E-state index in [4.69, 9.17) is 9.84 Å². The van der Waals surface area contributed by atoms with E-state index in [9.17, 15) is 9.59 Å². The molecule has 126 valence electrons. The Hall–Kier alpha value is -1.96. The maximum absolute atomic E-state index is 12.5. The number of aromatic carboxylic acids is 1. The predicted molar refractivity (Wildman–Crippen MR) is 79.9 cm³/mol. The summed E-state index contributed by atoms with van der Waals surface area (Å²) in [6, 6.07) is 0.197. The van der Waals surface area contributed by atoms with Crippen LogP contribution in [-0.4, -0.2) is 62.7 Å². The Bertz CT molecular complexity index is 610. The van der Waals surface area contributed by atoms with Crippen LogP contribution in [0.5, 0.6) is 0 Å². The van der Waals surface area contributed by atoms with Crippen molar-refractivity contribution >= 4 is 11.9 Å². The van der Waals surface area contributed by atoms with Crippen LogP contribution in [0, 0.1) is 5.41 Å². The van der Waals surface area contributed by atoms with Crippen molar-refractivity contribution in [3.8, 4) is 0 Å². The molecule has 3 rings (SSSR count). The van der Waals surface area contributed by atoms with E-state index in [1.54, 1.807) is 4.90 Å². The maximum atomic E-state index is 12.5. The third-order valence-corrected chi connectivity index (χ3v) is 5.31. The molecular formula is C15H22N4O4. The van der Waals surface area contributed by atoms with E-state index in [-0.39, 0.29) is 35.7 Å². The summed E-state index contributed by atoms with van der Waals surface area (Å²) in [5, 5.41) is 16.1. The van der Waals surface area contributed by atoms with Crippen LogP contribution in [0.3, 0.4) is 0 Å². The Kier molecular flexibility index (Phi) is 4.09. The Labute approximate surface area is 134 Å². The van der Waals surface area contributed by atoms with Gasteiger partial charge in [0, 0.05) is 25.1 Å². The summed E-state index contributed by atoms with van der Waals surface area (Å²) in [6.07, 6.45) is 5.79. The zero-order valence-corrected chi connectivity index (χ0v) is 13.4. The van der Waals surface area contributed by atoms with Crippen LogP contribution in [-0.2, 0) is 16.1 Å². The zero-order chi connectivity index (χ0) is 16.6. The topological polar surface area (TPSA) is 97.5 Å². The summed E-state index contributed by atoms with van der Waals surface area (Å²) in [5.74, 6) is -1.23. The average molecular weight is 322 g/mol. The molecule has 1 aromatic rings. The smallest absolute Gasteiger partial charge is 0.358 e. The van der Waals surface area contributed by atoms with Crippen LogP contribution < -0.4 is 0 Å². The molecule has 0 aliphatic heterocycles. The highest BCUT2D eigenvalue weighted by Crippen LogP contribution is 2.58. The van der Waals surface area contributed by atoms with Crippen LogP contribution >= 0.6 is 0 Å². The molecule has 1 N–H and O–H groups in total. The summed E-state index contributed by atoms with van der Waals surface area (Å²) in [5.41, 5.74) is -0.0365. The third-order valence-electron chi connectivity index (χ3n) is 5.31. The number of likely N-dealkylation sites (N-methyl/N-ethyl adjacent to an activating group) is 1. The fraction of sp³-hybridized carbons (Fsp3) is 0.733. The van der Waals surface area contributed by atoms with Gasteiger partial charge in [-0.1, -0.05) is 11.6 Å². The van der Waals surface area contributed by atoms with Gasteiger partial charge >= 0.3 is 5.97 Å². The number of hydrogen-bond donors (Lipinski definition) is 1. The van der Waals surface area contributed by atoms with Gasteiger partial charge in [-0.3, -0.25) is 4.79 Å². The third kappa shape index (κ3) is 2.60. The summed E-state index contributed by atoms with van der Waals surface area (Å²) in [7, 11) is 1.81. The Morgan fingerprint density at radius 1 is 1.52 bits per heavy atom. The van der Waals surface area contributed by atoms with Crippen LogP contribution in [0.25, 0.3) is 0 Å². The molecule has 0 saturated heterocycles. The van der Waals surface area contributed by atoms with E-state index in [1.807, 2.05) is 14.0 Å². The number of carboxylic acids is 1. The van der Waals surface area contributed by atoms with E-state index in [2.05, 4.69) is 10.3 Å². The van der Waals surface area contributed by atoms with Crippen LogP contribution in [0.2, 0.25) is 0 Å². The van der Waals surface area contributed by atoms with Gasteiger partial charge in [0.25, 0.3) is 0 Å². The highest BCUT2D eigenvalue weighted by Gasteiger charge is 2.60. The van der Waals surface area contributed by atoms with E-state index in [0.717, 1.165) is 19.3 Å². The Balaban J connectivity index is 1.62. The fourth-order valence-electron chi connectivity index (χ4n) is 3.84. The molecule has 8 heteroatoms. The Morgan fingerprint density at radius 3 is 2.78 bits per heavy atom. The lowest BCUT2D eigenvalue weighted by Crippen LogP contribution is -2.68. The van der Waals surface area contributed by atoms with Crippen molar-refractivity contribution < 1.29 is 19.4 Å². The highest BCUT2D eigenvalue weighted by molar-refractivity contribution is 5.84. The molecule has 1 amide bonds. The molecular weight excluding hydrogens is 300 g/mol. The summed E-state index contributed by atoms with van der Waals surface area (Å²) < 4.78 is 7.09. The first-order valence-corrected chi connectivity index (χ1v) is 7.98. The minimum Gasteiger partial charge on any atom is -0.476 e. The quantitative estimate of drug-likeness (QED) is 0.831. The number of hydrogen-bond acceptors (Lipinski definition) is 5. The average Bonchev–Trinajstić information content (AvgIpc) is 2.89. The number of rotatable bonds is 6. The lowest BCUT2D eigenvalue weighted by atomic mass is 9.50. The van der Waals surface area contributed by atoms with Crippen molar-refractivity contribution in [2.24, 2.45) is 5.41 Å². The van der Waals surface area contributed by atoms with E-state index in [1.165, 1.54) is 17.3 Å². The van der Waals surface area contributed by atoms with Gasteiger partial charge in [-0.2, -0.15) is 0 Å². The lowest BCUT2D eigenvalue weighted by Gasteiger charge is -2.63. The molecule has 2 fully saturated rings. The SMILES string of the molecule is CCOC1CC(N(C)C(=O)Cn2cc(C(=O)O)nn2)C12CCC2. The number of aromatic nitrogens is 3. The number of ether oxygens (including phenoxy) is 1. The number of carbonyl (C=O) groups excluding carboxylic acids is 1. The number of nitrogens with zero attached hydrogens (tertiary/aromatic N) is 4. The highest BCUT2D eigenvalue weighted by atomic mass is 16.5. The normalized spacial score (nSPS) is 24.8. The van der Waals surface area contributed by atoms with Gasteiger partial charge in [-0.25, -0.2) is 9.48 Å². The van der Waals surface area contributed by atoms with Gasteiger partial charge in [0.15, 0.2) is 5.69 Å². The maximum Gasteiger partial charge on any atom is 0.358 e. The van der Waals surface area contributed by atoms with Gasteiger partial charge in [-0.15, -0.1) is 5.10 Å². The second-order valence-corrected chi connectivity index (χ2v) is 6.39. The molecule has 23 heavy (non-hydrogen) atoms. The van der Waals surface area contributed by atoms with Crippen molar-refractivity contribution in [3.05, 3.63) is 11.9 Å². The molecule has 0 aromatic carbocycles. The minimum absolute atomic E-state index is 0.00264. The van der Waals surface area contributed by atoms with Crippen molar-refractivity contribution in [2.45, 2.75) is 51.3 Å². The number of amides is 1. The summed E-state index contributed by atoms with van der Waals surface area (Å²) >= 11 is 0. The van der Waals surface area contributed by atoms with Gasteiger partial charge in [0.05, 0.1) is 12.3 Å². The second kappa shape index (κ2) is 5.92. The van der Waals surface area contributed by atoms with Gasteiger partial charge in [0.2, 0.25) is 5.91 Å². The van der Waals surface area contributed by atoms with Crippen LogP contribution in [0.1, 0.15) is 43.1 Å². The zero-order valence-electron chi connectivity index (χ0n) is 13.4. The molecule has 2 aliphatic rings. The molecule has 1 spiro atoms. The monoisotopic (exact) mass is 322 g/mol. The van der Waals surface area contributed by atoms with E-state index < -0.39 is 5.97 Å². The predicted octanol–water partition coefficient (Wildman–Crippen LogP) is 0.782. The van der Waals surface area contributed by atoms with Crippen molar-refractivity contribution in [1.29, 1.82) is 0 Å². The standard InChI is InChI=1S/C15H22N4O4/c1-3-23-12-7-11(15(12)5-4-6-15)18(2)13(20)9-19-8-10(14(21)22)16-17-19/h8,11-12H,3-7,9H2,1-2H3,(H,21,22). The van der Waals surface area contributed by atoms with E-state index in [0.29, 0.717) is 6.61 Å². The molecule has 2 atom stereocenters. The molecule has 0 radical (unpaired) electrons. The second-order valence-electron chi connectivity index (χ2n) is 6.39. The van der Waals surface area contributed by atoms with E-state index >= 15 is 0 Å². The van der Waals surface area contributed by atoms with Crippen LogP contribution in [0.15, 0.2) is 6.20 Å². The summed E-state index contributed by atoms with van der Waals surface area (Å²) in [6.45, 7) is 2.70. The van der Waals surface area contributed by atoms with Crippen molar-refractivity contribution in [2.75, 3.05) is 13.7 Å². The van der Waals surface area contributed by atoms with Gasteiger partial charge in [0.1, 0.15) is 6.54 Å². The summed E-state index contributed by atoms with van der Waals surface area (Å²) in [4.78, 5) is 25.0. The van der Waals surface area contributed by atoms with Crippen LogP contribution in [0.4, 0.5) is 0 Å². The first-order valence-electron chi connectivity index (χ1n) is 7.98. The molecule has 0 bridgehead atoms. The molecule has 2 saturated carbocycles.